The second kappa shape index (κ2) is 7.04. The summed E-state index contributed by atoms with van der Waals surface area (Å²) in [6.45, 7) is 4.22. The average Bonchev–Trinajstić information content (AvgIpc) is 2.97. The van der Waals surface area contributed by atoms with E-state index in [1.54, 1.807) is 6.08 Å². The lowest BCUT2D eigenvalue weighted by Crippen LogP contribution is -2.54. The molecule has 0 bridgehead atoms. The summed E-state index contributed by atoms with van der Waals surface area (Å²) in [6, 6.07) is 0. The summed E-state index contributed by atoms with van der Waals surface area (Å²) in [4.78, 5) is 36.1. The highest BCUT2D eigenvalue weighted by molar-refractivity contribution is 5.92. The number of hydrogen-bond donors (Lipinski definition) is 2. The van der Waals surface area contributed by atoms with Gasteiger partial charge in [0.05, 0.1) is 18.6 Å². The molecule has 6 nitrogen and oxygen atoms in total. The minimum absolute atomic E-state index is 0.0391. The number of carboxylic acid groups (broad SMARTS) is 1. The molecule has 0 amide bonds. The van der Waals surface area contributed by atoms with Gasteiger partial charge in [0, 0.05) is 23.7 Å². The van der Waals surface area contributed by atoms with Crippen LogP contribution < -0.4 is 0 Å². The zero-order valence-corrected chi connectivity index (χ0v) is 18.1. The predicted molar refractivity (Wildman–Crippen MR) is 109 cm³/mol. The van der Waals surface area contributed by atoms with E-state index < -0.39 is 22.9 Å². The van der Waals surface area contributed by atoms with E-state index in [9.17, 15) is 24.6 Å². The summed E-state index contributed by atoms with van der Waals surface area (Å²) in [5.41, 5.74) is 0.343. The van der Waals surface area contributed by atoms with Crippen LogP contribution in [0.15, 0.2) is 23.3 Å². The third-order valence-corrected chi connectivity index (χ3v) is 9.00. The molecule has 6 atom stereocenters. The lowest BCUT2D eigenvalue weighted by molar-refractivity contribution is -0.149. The number of aliphatic carboxylic acids is 1. The van der Waals surface area contributed by atoms with Gasteiger partial charge in [-0.15, -0.1) is 0 Å². The summed E-state index contributed by atoms with van der Waals surface area (Å²) < 4.78 is 4.77. The van der Waals surface area contributed by atoms with Crippen molar-refractivity contribution in [3.63, 3.8) is 0 Å². The highest BCUT2D eigenvalue weighted by Crippen LogP contribution is 2.67. The summed E-state index contributed by atoms with van der Waals surface area (Å²) in [5, 5.41) is 21.7. The maximum Gasteiger partial charge on any atom is 0.307 e. The first-order valence-corrected chi connectivity index (χ1v) is 11.0. The zero-order chi connectivity index (χ0) is 21.9. The van der Waals surface area contributed by atoms with E-state index >= 15 is 0 Å². The van der Waals surface area contributed by atoms with Crippen molar-refractivity contribution in [1.29, 1.82) is 0 Å². The van der Waals surface area contributed by atoms with Crippen molar-refractivity contribution in [1.82, 2.24) is 0 Å². The number of carbonyl (C=O) groups is 3. The van der Waals surface area contributed by atoms with E-state index in [2.05, 4.69) is 19.9 Å². The molecule has 4 aliphatic rings. The number of carbonyl (C=O) groups excluding carboxylic acids is 2. The fourth-order valence-electron chi connectivity index (χ4n) is 7.03. The van der Waals surface area contributed by atoms with Crippen molar-refractivity contribution in [3.8, 4) is 0 Å². The molecule has 2 N–H and O–H groups in total. The van der Waals surface area contributed by atoms with Crippen LogP contribution in [-0.4, -0.2) is 40.6 Å². The topological polar surface area (TPSA) is 101 Å². The Morgan fingerprint density at radius 1 is 1.27 bits per heavy atom. The van der Waals surface area contributed by atoms with Crippen LogP contribution in [0, 0.1) is 28.6 Å². The van der Waals surface area contributed by atoms with Crippen LogP contribution in [0.5, 0.6) is 0 Å². The first-order valence-electron chi connectivity index (χ1n) is 11.0. The third kappa shape index (κ3) is 2.90. The molecule has 0 spiro atoms. The van der Waals surface area contributed by atoms with Crippen molar-refractivity contribution in [3.05, 3.63) is 23.3 Å². The normalized spacial score (nSPS) is 42.4. The van der Waals surface area contributed by atoms with Gasteiger partial charge < -0.3 is 14.9 Å². The summed E-state index contributed by atoms with van der Waals surface area (Å²) in [7, 11) is 1.35. The molecule has 164 valence electrons. The standard InChI is InChI=1S/C24H32O6/c1-22-8-4-15(25)12-14(22)13-16(21(27)28)20-17(22)5-9-23(2)18(20)6-10-24(23,29)11-7-19(26)30-3/h5,12,16,18,20,29H,4,6-11,13H2,1-3H3,(H,27,28)/t16-,18+,20-,22+,23+,24+/m1/s1. The molecule has 0 saturated heterocycles. The van der Waals surface area contributed by atoms with Gasteiger partial charge in [-0.1, -0.05) is 31.1 Å². The van der Waals surface area contributed by atoms with Gasteiger partial charge in [-0.25, -0.2) is 0 Å². The smallest absolute Gasteiger partial charge is 0.307 e. The van der Waals surface area contributed by atoms with Crippen molar-refractivity contribution < 1.29 is 29.3 Å². The van der Waals surface area contributed by atoms with E-state index in [-0.39, 0.29) is 35.4 Å². The summed E-state index contributed by atoms with van der Waals surface area (Å²) in [6.07, 6.45) is 7.91. The minimum atomic E-state index is -1.02. The number of ketones is 1. The van der Waals surface area contributed by atoms with E-state index in [1.807, 2.05) is 0 Å². The molecular formula is C24H32O6. The van der Waals surface area contributed by atoms with Crippen molar-refractivity contribution >= 4 is 17.7 Å². The molecule has 0 aromatic rings. The number of esters is 1. The Morgan fingerprint density at radius 2 is 2.00 bits per heavy atom. The second-order valence-electron chi connectivity index (χ2n) is 10.2. The Morgan fingerprint density at radius 3 is 2.67 bits per heavy atom. The van der Waals surface area contributed by atoms with Crippen LogP contribution in [-0.2, 0) is 19.1 Å². The van der Waals surface area contributed by atoms with Gasteiger partial charge >= 0.3 is 11.9 Å². The molecule has 0 aliphatic heterocycles. The molecule has 0 heterocycles. The number of carboxylic acids is 1. The van der Waals surface area contributed by atoms with Gasteiger partial charge in [-0.05, 0) is 56.4 Å². The van der Waals surface area contributed by atoms with Crippen molar-refractivity contribution in [2.45, 2.75) is 70.8 Å². The van der Waals surface area contributed by atoms with Gasteiger partial charge in [0.2, 0.25) is 0 Å². The number of ether oxygens (including phenoxy) is 1. The number of rotatable bonds is 4. The maximum atomic E-state index is 12.3. The molecule has 0 aromatic carbocycles. The van der Waals surface area contributed by atoms with Gasteiger partial charge in [0.1, 0.15) is 0 Å². The van der Waals surface area contributed by atoms with E-state index in [0.29, 0.717) is 32.1 Å². The quantitative estimate of drug-likeness (QED) is 0.538. The molecule has 6 heteroatoms. The molecule has 4 aliphatic carbocycles. The average molecular weight is 417 g/mol. The molecular weight excluding hydrogens is 384 g/mol. The highest BCUT2D eigenvalue weighted by Gasteiger charge is 2.64. The SMILES string of the molecule is COC(=O)CC[C@@]1(O)CC[C@H]2[C@H]3C(=CC[C@@]21C)[C@@]1(C)CCC(=O)C=C1C[C@H]3C(=O)O. The van der Waals surface area contributed by atoms with E-state index in [1.165, 1.54) is 7.11 Å². The van der Waals surface area contributed by atoms with Crippen LogP contribution in [0.4, 0.5) is 0 Å². The van der Waals surface area contributed by atoms with Gasteiger partial charge in [0.15, 0.2) is 5.78 Å². The zero-order valence-electron chi connectivity index (χ0n) is 18.1. The minimum Gasteiger partial charge on any atom is -0.481 e. The Bertz CT molecular complexity index is 856. The lowest BCUT2D eigenvalue weighted by Gasteiger charge is -2.56. The third-order valence-electron chi connectivity index (χ3n) is 9.00. The van der Waals surface area contributed by atoms with Crippen LogP contribution in [0.25, 0.3) is 0 Å². The Balaban J connectivity index is 1.74. The number of allylic oxidation sites excluding steroid dienone is 4. The van der Waals surface area contributed by atoms with Gasteiger partial charge in [-0.3, -0.25) is 14.4 Å². The Labute approximate surface area is 177 Å². The van der Waals surface area contributed by atoms with E-state index in [0.717, 1.165) is 24.0 Å². The number of fused-ring (bicyclic) bond motifs is 5. The van der Waals surface area contributed by atoms with E-state index in [4.69, 9.17) is 4.74 Å². The number of hydrogen-bond acceptors (Lipinski definition) is 5. The Hall–Kier alpha value is -1.95. The molecule has 0 aromatic heterocycles. The molecule has 0 radical (unpaired) electrons. The molecule has 30 heavy (non-hydrogen) atoms. The van der Waals surface area contributed by atoms with Crippen LogP contribution in [0.1, 0.15) is 65.2 Å². The molecule has 2 saturated carbocycles. The molecule has 2 fully saturated rings. The summed E-state index contributed by atoms with van der Waals surface area (Å²) >= 11 is 0. The van der Waals surface area contributed by atoms with Crippen LogP contribution >= 0.6 is 0 Å². The molecule has 4 rings (SSSR count). The van der Waals surface area contributed by atoms with Crippen LogP contribution in [0.2, 0.25) is 0 Å². The predicted octanol–water partition coefficient (Wildman–Crippen LogP) is 3.43. The largest absolute Gasteiger partial charge is 0.481 e. The first-order chi connectivity index (χ1) is 14.1. The van der Waals surface area contributed by atoms with Crippen molar-refractivity contribution in [2.75, 3.05) is 7.11 Å². The monoisotopic (exact) mass is 416 g/mol. The fourth-order valence-corrected chi connectivity index (χ4v) is 7.03. The van der Waals surface area contributed by atoms with Crippen molar-refractivity contribution in [2.24, 2.45) is 28.6 Å². The van der Waals surface area contributed by atoms with Gasteiger partial charge in [0.25, 0.3) is 0 Å². The number of aliphatic hydroxyl groups is 1. The maximum absolute atomic E-state index is 12.3. The Kier molecular flexibility index (Phi) is 5.00. The fraction of sp³-hybridized carbons (Fsp3) is 0.708. The lowest BCUT2D eigenvalue weighted by atomic mass is 9.48. The second-order valence-corrected chi connectivity index (χ2v) is 10.2. The molecule has 0 unspecified atom stereocenters. The number of methoxy groups -OCH3 is 1. The first kappa shape index (κ1) is 21.3. The summed E-state index contributed by atoms with van der Waals surface area (Å²) in [5.74, 6) is -1.78. The van der Waals surface area contributed by atoms with Gasteiger partial charge in [-0.2, -0.15) is 0 Å². The highest BCUT2D eigenvalue weighted by atomic mass is 16.5. The van der Waals surface area contributed by atoms with Crippen LogP contribution in [0.3, 0.4) is 0 Å².